The van der Waals surface area contributed by atoms with Gasteiger partial charge in [0.1, 0.15) is 0 Å². The number of Topliss-reactive ketones (excluding diaryl/α,β-unsaturated/α-hetero) is 1. The van der Waals surface area contributed by atoms with Crippen LogP contribution in [-0.2, 0) is 9.53 Å². The predicted octanol–water partition coefficient (Wildman–Crippen LogP) is 2.17. The molecule has 1 rings (SSSR count). The number of carbonyl (C=O) groups is 1. The fraction of sp³-hybridized carbons (Fsp3) is 0.182. The molecule has 0 saturated heterocycles. The highest BCUT2D eigenvalue weighted by Gasteiger charge is 2.12. The van der Waals surface area contributed by atoms with Gasteiger partial charge in [0, 0.05) is 13.0 Å². The molecule has 1 aromatic rings. The lowest BCUT2D eigenvalue weighted by Gasteiger charge is -2.02. The van der Waals surface area contributed by atoms with Crippen LogP contribution in [0.2, 0.25) is 0 Å². The number of benzene rings is 1. The van der Waals surface area contributed by atoms with Gasteiger partial charge in [-0.25, -0.2) is 0 Å². The SMILES string of the molecule is COC(=Cc1ccccc1[N+](=O)[O-])C(C)=O. The second kappa shape index (κ2) is 5.06. The van der Waals surface area contributed by atoms with Gasteiger partial charge in [-0.2, -0.15) is 0 Å². The van der Waals surface area contributed by atoms with Gasteiger partial charge in [-0.3, -0.25) is 14.9 Å². The Morgan fingerprint density at radius 3 is 2.56 bits per heavy atom. The van der Waals surface area contributed by atoms with Crippen LogP contribution in [0, 0.1) is 10.1 Å². The number of ether oxygens (including phenoxy) is 1. The zero-order chi connectivity index (χ0) is 12.1. The van der Waals surface area contributed by atoms with Crippen molar-refractivity contribution in [2.24, 2.45) is 0 Å². The lowest BCUT2D eigenvalue weighted by atomic mass is 10.1. The summed E-state index contributed by atoms with van der Waals surface area (Å²) < 4.78 is 4.84. The summed E-state index contributed by atoms with van der Waals surface area (Å²) in [6.45, 7) is 1.34. The van der Waals surface area contributed by atoms with Crippen LogP contribution in [0.4, 0.5) is 5.69 Å². The smallest absolute Gasteiger partial charge is 0.276 e. The minimum Gasteiger partial charge on any atom is -0.493 e. The highest BCUT2D eigenvalue weighted by Crippen LogP contribution is 2.20. The number of nitro benzene ring substituents is 1. The Morgan fingerprint density at radius 2 is 2.06 bits per heavy atom. The van der Waals surface area contributed by atoms with E-state index in [2.05, 4.69) is 0 Å². The Hall–Kier alpha value is -2.17. The Kier molecular flexibility index (Phi) is 3.77. The molecule has 84 valence electrons. The molecule has 5 heteroatoms. The third kappa shape index (κ3) is 2.66. The normalized spacial score (nSPS) is 11.0. The van der Waals surface area contributed by atoms with Crippen molar-refractivity contribution in [2.75, 3.05) is 7.11 Å². The van der Waals surface area contributed by atoms with Crippen LogP contribution >= 0.6 is 0 Å². The molecule has 0 amide bonds. The molecule has 0 fully saturated rings. The number of nitro groups is 1. The van der Waals surface area contributed by atoms with Crippen molar-refractivity contribution in [1.82, 2.24) is 0 Å². The van der Waals surface area contributed by atoms with Gasteiger partial charge >= 0.3 is 0 Å². The summed E-state index contributed by atoms with van der Waals surface area (Å²) in [5.74, 6) is -0.185. The summed E-state index contributed by atoms with van der Waals surface area (Å²) in [7, 11) is 1.35. The van der Waals surface area contributed by atoms with Gasteiger partial charge in [-0.05, 0) is 12.1 Å². The van der Waals surface area contributed by atoms with Crippen molar-refractivity contribution >= 4 is 17.5 Å². The van der Waals surface area contributed by atoms with Gasteiger partial charge < -0.3 is 4.74 Å². The minimum absolute atomic E-state index is 0.0571. The van der Waals surface area contributed by atoms with E-state index in [1.807, 2.05) is 0 Å². The molecule has 0 bridgehead atoms. The molecule has 0 aliphatic heterocycles. The summed E-state index contributed by atoms with van der Waals surface area (Å²) in [6, 6.07) is 6.15. The average molecular weight is 221 g/mol. The number of hydrogen-bond donors (Lipinski definition) is 0. The number of methoxy groups -OCH3 is 1. The largest absolute Gasteiger partial charge is 0.493 e. The lowest BCUT2D eigenvalue weighted by molar-refractivity contribution is -0.385. The molecule has 0 saturated carbocycles. The highest BCUT2D eigenvalue weighted by atomic mass is 16.6. The van der Waals surface area contributed by atoms with E-state index in [9.17, 15) is 14.9 Å². The predicted molar refractivity (Wildman–Crippen MR) is 58.8 cm³/mol. The van der Waals surface area contributed by atoms with Gasteiger partial charge in [0.25, 0.3) is 5.69 Å². The first kappa shape index (κ1) is 11.9. The maximum absolute atomic E-state index is 11.1. The molecule has 5 nitrogen and oxygen atoms in total. The van der Waals surface area contributed by atoms with E-state index < -0.39 is 4.92 Å². The molecule has 0 radical (unpaired) electrons. The fourth-order valence-corrected chi connectivity index (χ4v) is 1.22. The van der Waals surface area contributed by atoms with Crippen molar-refractivity contribution in [2.45, 2.75) is 6.92 Å². The quantitative estimate of drug-likeness (QED) is 0.338. The summed E-state index contributed by atoms with van der Waals surface area (Å²) in [6.07, 6.45) is 1.36. The van der Waals surface area contributed by atoms with E-state index in [0.717, 1.165) is 0 Å². The lowest BCUT2D eigenvalue weighted by Crippen LogP contribution is -1.99. The van der Waals surface area contributed by atoms with Crippen LogP contribution in [0.1, 0.15) is 12.5 Å². The Bertz CT molecular complexity index is 451. The van der Waals surface area contributed by atoms with Crippen LogP contribution in [-0.4, -0.2) is 17.8 Å². The summed E-state index contributed by atoms with van der Waals surface area (Å²) in [5.41, 5.74) is 0.290. The molecule has 0 aliphatic rings. The van der Waals surface area contributed by atoms with Crippen LogP contribution < -0.4 is 0 Å². The molecule has 0 unspecified atom stereocenters. The van der Waals surface area contributed by atoms with Gasteiger partial charge in [-0.15, -0.1) is 0 Å². The number of allylic oxidation sites excluding steroid dienone is 1. The first-order valence-corrected chi connectivity index (χ1v) is 4.56. The third-order valence-electron chi connectivity index (χ3n) is 1.99. The summed E-state index contributed by atoms with van der Waals surface area (Å²) in [5, 5.41) is 10.7. The van der Waals surface area contributed by atoms with E-state index in [1.165, 1.54) is 26.2 Å². The maximum Gasteiger partial charge on any atom is 0.276 e. The number of rotatable bonds is 4. The zero-order valence-corrected chi connectivity index (χ0v) is 8.97. The van der Waals surface area contributed by atoms with Gasteiger partial charge in [-0.1, -0.05) is 12.1 Å². The van der Waals surface area contributed by atoms with E-state index in [0.29, 0.717) is 5.56 Å². The van der Waals surface area contributed by atoms with Crippen LogP contribution in [0.25, 0.3) is 6.08 Å². The maximum atomic E-state index is 11.1. The number of carbonyl (C=O) groups excluding carboxylic acids is 1. The molecule has 0 heterocycles. The number of para-hydroxylation sites is 1. The topological polar surface area (TPSA) is 69.4 Å². The molecule has 0 aromatic heterocycles. The number of ketones is 1. The molecule has 0 aliphatic carbocycles. The summed E-state index contributed by atoms with van der Waals surface area (Å²) >= 11 is 0. The first-order chi connectivity index (χ1) is 7.56. The third-order valence-corrected chi connectivity index (χ3v) is 1.99. The van der Waals surface area contributed by atoms with Crippen LogP contribution in [0.3, 0.4) is 0 Å². The average Bonchev–Trinajstić information content (AvgIpc) is 2.25. The molecular weight excluding hydrogens is 210 g/mol. The van der Waals surface area contributed by atoms with Crippen molar-refractivity contribution in [3.05, 3.63) is 45.7 Å². The van der Waals surface area contributed by atoms with E-state index in [-0.39, 0.29) is 17.2 Å². The Balaban J connectivity index is 3.23. The van der Waals surface area contributed by atoms with Gasteiger partial charge in [0.2, 0.25) is 0 Å². The number of hydrogen-bond acceptors (Lipinski definition) is 4. The minimum atomic E-state index is -0.501. The Labute approximate surface area is 92.5 Å². The second-order valence-corrected chi connectivity index (χ2v) is 3.08. The molecule has 0 atom stereocenters. The molecule has 1 aromatic carbocycles. The number of nitrogens with zero attached hydrogens (tertiary/aromatic N) is 1. The second-order valence-electron chi connectivity index (χ2n) is 3.08. The zero-order valence-electron chi connectivity index (χ0n) is 8.97. The fourth-order valence-electron chi connectivity index (χ4n) is 1.22. The van der Waals surface area contributed by atoms with Crippen molar-refractivity contribution < 1.29 is 14.5 Å². The van der Waals surface area contributed by atoms with Crippen molar-refractivity contribution in [3.8, 4) is 0 Å². The van der Waals surface area contributed by atoms with Gasteiger partial charge in [0.05, 0.1) is 17.6 Å². The van der Waals surface area contributed by atoms with E-state index >= 15 is 0 Å². The molecular formula is C11H11NO4. The van der Waals surface area contributed by atoms with Crippen LogP contribution in [0.5, 0.6) is 0 Å². The van der Waals surface area contributed by atoms with Crippen molar-refractivity contribution in [3.63, 3.8) is 0 Å². The van der Waals surface area contributed by atoms with E-state index in [4.69, 9.17) is 4.74 Å². The highest BCUT2D eigenvalue weighted by molar-refractivity contribution is 5.96. The molecule has 0 spiro atoms. The molecule has 0 N–H and O–H groups in total. The molecule has 16 heavy (non-hydrogen) atoms. The first-order valence-electron chi connectivity index (χ1n) is 4.56. The van der Waals surface area contributed by atoms with Crippen LogP contribution in [0.15, 0.2) is 30.0 Å². The van der Waals surface area contributed by atoms with Gasteiger partial charge in [0.15, 0.2) is 11.5 Å². The standard InChI is InChI=1S/C11H11NO4/c1-8(13)11(16-2)7-9-5-3-4-6-10(9)12(14)15/h3-7H,1-2H3. The summed E-state index contributed by atoms with van der Waals surface area (Å²) in [4.78, 5) is 21.3. The Morgan fingerprint density at radius 1 is 1.44 bits per heavy atom. The van der Waals surface area contributed by atoms with E-state index in [1.54, 1.807) is 18.2 Å². The van der Waals surface area contributed by atoms with Crippen molar-refractivity contribution in [1.29, 1.82) is 0 Å². The monoisotopic (exact) mass is 221 g/mol.